The molecule has 0 amide bonds. The summed E-state index contributed by atoms with van der Waals surface area (Å²) in [6.45, 7) is 1.17. The molecule has 0 aromatic heterocycles. The molecule has 5 atom stereocenters. The predicted octanol–water partition coefficient (Wildman–Crippen LogP) is -0.0244. The smallest absolute Gasteiger partial charge is 0.302 e. The number of esters is 1. The summed E-state index contributed by atoms with van der Waals surface area (Å²) in [4.78, 5) is 13.4. The van der Waals surface area contributed by atoms with Gasteiger partial charge in [0.2, 0.25) is 0 Å². The van der Waals surface area contributed by atoms with Gasteiger partial charge in [0.05, 0.1) is 6.10 Å². The quantitative estimate of drug-likeness (QED) is 0.325. The number of azide groups is 1. The summed E-state index contributed by atoms with van der Waals surface area (Å²) in [7, 11) is 2.82. The fraction of sp³-hybridized carbons (Fsp3) is 0.900. The summed E-state index contributed by atoms with van der Waals surface area (Å²) >= 11 is 0. The minimum atomic E-state index is -1.35. The molecule has 1 N–H and O–H groups in total. The lowest BCUT2D eigenvalue weighted by atomic mass is 9.97. The molecule has 1 unspecified atom stereocenters. The van der Waals surface area contributed by atoms with Crippen molar-refractivity contribution in [1.29, 1.82) is 0 Å². The summed E-state index contributed by atoms with van der Waals surface area (Å²) in [5.41, 5.74) is 8.48. The average molecular weight is 275 g/mol. The second-order valence-electron chi connectivity index (χ2n) is 3.96. The molecule has 108 valence electrons. The van der Waals surface area contributed by atoms with E-state index < -0.39 is 36.6 Å². The van der Waals surface area contributed by atoms with Crippen molar-refractivity contribution < 1.29 is 28.8 Å². The number of hydrogen-bond donors (Lipinski definition) is 1. The van der Waals surface area contributed by atoms with E-state index in [0.717, 1.165) is 0 Å². The Morgan fingerprint density at radius 1 is 1.42 bits per heavy atom. The second-order valence-corrected chi connectivity index (χ2v) is 3.96. The van der Waals surface area contributed by atoms with E-state index in [0.29, 0.717) is 0 Å². The van der Waals surface area contributed by atoms with E-state index >= 15 is 0 Å². The van der Waals surface area contributed by atoms with Crippen LogP contribution in [0.1, 0.15) is 6.92 Å². The van der Waals surface area contributed by atoms with Crippen molar-refractivity contribution in [2.24, 2.45) is 5.11 Å². The number of rotatable bonds is 5. The van der Waals surface area contributed by atoms with Gasteiger partial charge in [-0.3, -0.25) is 4.79 Å². The van der Waals surface area contributed by atoms with Crippen LogP contribution in [0.3, 0.4) is 0 Å². The average Bonchev–Trinajstić information content (AvgIpc) is 2.38. The third kappa shape index (κ3) is 3.79. The van der Waals surface area contributed by atoms with Gasteiger partial charge < -0.3 is 24.1 Å². The lowest BCUT2D eigenvalue weighted by molar-refractivity contribution is -0.259. The van der Waals surface area contributed by atoms with Crippen molar-refractivity contribution in [3.8, 4) is 0 Å². The number of hydrogen-bond acceptors (Lipinski definition) is 7. The van der Waals surface area contributed by atoms with E-state index in [2.05, 4.69) is 10.0 Å². The fourth-order valence-corrected chi connectivity index (χ4v) is 1.98. The number of aliphatic hydroxyl groups excluding tert-OH is 1. The molecule has 1 saturated heterocycles. The number of ether oxygens (including phenoxy) is 4. The number of methoxy groups -OCH3 is 2. The van der Waals surface area contributed by atoms with E-state index in [9.17, 15) is 9.90 Å². The van der Waals surface area contributed by atoms with Crippen LogP contribution in [-0.4, -0.2) is 62.5 Å². The van der Waals surface area contributed by atoms with Gasteiger partial charge in [-0.2, -0.15) is 0 Å². The zero-order chi connectivity index (χ0) is 14.4. The fourth-order valence-electron chi connectivity index (χ4n) is 1.98. The van der Waals surface area contributed by atoms with Gasteiger partial charge in [0.25, 0.3) is 0 Å². The van der Waals surface area contributed by atoms with Gasteiger partial charge in [-0.1, -0.05) is 5.11 Å². The third-order valence-corrected chi connectivity index (χ3v) is 2.81. The maximum absolute atomic E-state index is 10.8. The molecule has 1 aliphatic heterocycles. The lowest BCUT2D eigenvalue weighted by Crippen LogP contribution is -2.59. The molecule has 0 bridgehead atoms. The van der Waals surface area contributed by atoms with Crippen molar-refractivity contribution in [3.05, 3.63) is 10.4 Å². The van der Waals surface area contributed by atoms with Gasteiger partial charge in [-0.15, -0.1) is 0 Å². The summed E-state index contributed by atoms with van der Waals surface area (Å²) < 4.78 is 20.5. The molecule has 0 aliphatic carbocycles. The van der Waals surface area contributed by atoms with Crippen molar-refractivity contribution >= 4 is 5.97 Å². The molecule has 9 nitrogen and oxygen atoms in total. The number of carbonyl (C=O) groups excluding carboxylic acids is 1. The molecular formula is C10H17N3O6. The van der Waals surface area contributed by atoms with Gasteiger partial charge >= 0.3 is 5.97 Å². The largest absolute Gasteiger partial charge is 0.463 e. The Balaban J connectivity index is 2.86. The summed E-state index contributed by atoms with van der Waals surface area (Å²) in [5, 5.41) is 13.2. The Kier molecular flexibility index (Phi) is 6.00. The highest BCUT2D eigenvalue weighted by atomic mass is 16.7. The Hall–Kier alpha value is -1.38. The molecule has 0 aromatic rings. The normalized spacial score (nSPS) is 34.4. The molecule has 1 aliphatic rings. The molecule has 1 heterocycles. The van der Waals surface area contributed by atoms with Crippen LogP contribution in [0.25, 0.3) is 10.4 Å². The van der Waals surface area contributed by atoms with Crippen LogP contribution in [0.2, 0.25) is 0 Å². The monoisotopic (exact) mass is 275 g/mol. The van der Waals surface area contributed by atoms with Crippen LogP contribution < -0.4 is 0 Å². The summed E-state index contributed by atoms with van der Waals surface area (Å²) in [6.07, 6.45) is -3.40. The summed E-state index contributed by atoms with van der Waals surface area (Å²) in [6, 6.07) is -0.937. The first-order chi connectivity index (χ1) is 9.04. The van der Waals surface area contributed by atoms with Crippen LogP contribution in [0.5, 0.6) is 0 Å². The zero-order valence-corrected chi connectivity index (χ0v) is 10.9. The van der Waals surface area contributed by atoms with E-state index in [1.807, 2.05) is 0 Å². The molecule has 1 fully saturated rings. The first-order valence-electron chi connectivity index (χ1n) is 5.61. The summed E-state index contributed by atoms with van der Waals surface area (Å²) in [5.74, 6) is -0.473. The molecule has 0 saturated carbocycles. The highest BCUT2D eigenvalue weighted by Crippen LogP contribution is 2.26. The van der Waals surface area contributed by atoms with Crippen LogP contribution in [0.4, 0.5) is 0 Å². The SMILES string of the molecule is CO[C@H]1[C@H](OC)[C@@H](N=[N+]=[N-])C(O)O[C@@H]1COC(C)=O. The molecule has 9 heteroatoms. The van der Waals surface area contributed by atoms with E-state index in [-0.39, 0.29) is 6.61 Å². The predicted molar refractivity (Wildman–Crippen MR) is 62.0 cm³/mol. The molecule has 1 rings (SSSR count). The maximum atomic E-state index is 10.8. The van der Waals surface area contributed by atoms with Gasteiger partial charge in [0.1, 0.15) is 24.9 Å². The first-order valence-corrected chi connectivity index (χ1v) is 5.61. The lowest BCUT2D eigenvalue weighted by Gasteiger charge is -2.41. The van der Waals surface area contributed by atoms with Gasteiger partial charge in [0, 0.05) is 26.1 Å². The van der Waals surface area contributed by atoms with Crippen LogP contribution >= 0.6 is 0 Å². The Labute approximate surface area is 110 Å². The van der Waals surface area contributed by atoms with Crippen LogP contribution in [0.15, 0.2) is 5.11 Å². The Morgan fingerprint density at radius 2 is 2.05 bits per heavy atom. The van der Waals surface area contributed by atoms with Crippen molar-refractivity contribution in [1.82, 2.24) is 0 Å². The second kappa shape index (κ2) is 7.27. The highest BCUT2D eigenvalue weighted by molar-refractivity contribution is 5.65. The van der Waals surface area contributed by atoms with Gasteiger partial charge in [0.15, 0.2) is 6.29 Å². The molecule has 0 aromatic carbocycles. The number of aliphatic hydroxyl groups is 1. The van der Waals surface area contributed by atoms with E-state index in [4.69, 9.17) is 24.5 Å². The minimum Gasteiger partial charge on any atom is -0.463 e. The minimum absolute atomic E-state index is 0.0895. The third-order valence-electron chi connectivity index (χ3n) is 2.81. The van der Waals surface area contributed by atoms with E-state index in [1.54, 1.807) is 0 Å². The van der Waals surface area contributed by atoms with Crippen molar-refractivity contribution in [2.45, 2.75) is 37.6 Å². The highest BCUT2D eigenvalue weighted by Gasteiger charge is 2.46. The zero-order valence-electron chi connectivity index (χ0n) is 10.9. The van der Waals surface area contributed by atoms with Crippen LogP contribution in [0, 0.1) is 0 Å². The van der Waals surface area contributed by atoms with Crippen molar-refractivity contribution in [2.75, 3.05) is 20.8 Å². The number of nitrogens with zero attached hydrogens (tertiary/aromatic N) is 3. The van der Waals surface area contributed by atoms with E-state index in [1.165, 1.54) is 21.1 Å². The standard InChI is InChI=1S/C10H17N3O6/c1-5(14)18-4-6-8(16-2)9(17-3)7(12-13-11)10(15)19-6/h6-10,15H,4H2,1-3H3/t6-,7-,8-,9-,10?/m1/s1. The molecular weight excluding hydrogens is 258 g/mol. The maximum Gasteiger partial charge on any atom is 0.302 e. The topological polar surface area (TPSA) is 123 Å². The van der Waals surface area contributed by atoms with Crippen molar-refractivity contribution in [3.63, 3.8) is 0 Å². The Bertz CT molecular complexity index is 359. The first kappa shape index (κ1) is 15.7. The van der Waals surface area contributed by atoms with Gasteiger partial charge in [-0.05, 0) is 5.53 Å². The Morgan fingerprint density at radius 3 is 2.53 bits per heavy atom. The number of carbonyl (C=O) groups is 1. The van der Waals surface area contributed by atoms with Gasteiger partial charge in [-0.25, -0.2) is 0 Å². The molecule has 0 spiro atoms. The molecule has 19 heavy (non-hydrogen) atoms. The molecule has 0 radical (unpaired) electrons. The van der Waals surface area contributed by atoms with Crippen LogP contribution in [-0.2, 0) is 23.7 Å².